The quantitative estimate of drug-likeness (QED) is 0.296. The van der Waals surface area contributed by atoms with Gasteiger partial charge in [-0.25, -0.2) is 9.69 Å². The standard InChI is InChI=1S/C30H35N5O4/c1-19(23-16-13-21-7-3-6-10-26(21)34-27(23)37)30(2,32)28(38)35(29(39)33-17-18-36)22-14-11-20(12-15-22)24-8-4-5-9-25(24)31/h3-12,14-15,19,23,36H,13,16-18,31-32H2,1-2H3,(H,33,39)(H,34,37)/t19-,23?,30?/m1/s1. The normalized spacial score (nSPS) is 17.1. The van der Waals surface area contributed by atoms with E-state index >= 15 is 0 Å². The number of nitrogens with two attached hydrogens (primary N) is 2. The first-order valence-electron chi connectivity index (χ1n) is 13.0. The number of aliphatic hydroxyl groups is 1. The Morgan fingerprint density at radius 2 is 1.77 bits per heavy atom. The van der Waals surface area contributed by atoms with Crippen LogP contribution in [0.3, 0.4) is 0 Å². The number of nitrogens with one attached hydrogen (secondary N) is 2. The van der Waals surface area contributed by atoms with Gasteiger partial charge in [-0.1, -0.05) is 55.5 Å². The van der Waals surface area contributed by atoms with Crippen molar-refractivity contribution in [3.8, 4) is 11.1 Å². The lowest BCUT2D eigenvalue weighted by atomic mass is 9.75. The Balaban J connectivity index is 1.63. The number of amides is 4. The molecule has 4 rings (SSSR count). The van der Waals surface area contributed by atoms with Gasteiger partial charge in [0.2, 0.25) is 5.91 Å². The van der Waals surface area contributed by atoms with Crippen molar-refractivity contribution in [2.24, 2.45) is 17.6 Å². The van der Waals surface area contributed by atoms with Crippen LogP contribution >= 0.6 is 0 Å². The van der Waals surface area contributed by atoms with Gasteiger partial charge in [-0.15, -0.1) is 0 Å². The molecule has 0 radical (unpaired) electrons. The highest BCUT2D eigenvalue weighted by atomic mass is 16.3. The van der Waals surface area contributed by atoms with E-state index in [2.05, 4.69) is 10.6 Å². The monoisotopic (exact) mass is 529 g/mol. The van der Waals surface area contributed by atoms with Crippen molar-refractivity contribution in [1.29, 1.82) is 0 Å². The third kappa shape index (κ3) is 5.79. The summed E-state index contributed by atoms with van der Waals surface area (Å²) >= 11 is 0. The van der Waals surface area contributed by atoms with Gasteiger partial charge in [-0.2, -0.15) is 0 Å². The Kier molecular flexibility index (Phi) is 8.32. The van der Waals surface area contributed by atoms with E-state index in [-0.39, 0.29) is 19.1 Å². The maximum absolute atomic E-state index is 14.0. The van der Waals surface area contributed by atoms with Crippen molar-refractivity contribution in [2.75, 3.05) is 29.1 Å². The Morgan fingerprint density at radius 1 is 1.10 bits per heavy atom. The van der Waals surface area contributed by atoms with Gasteiger partial charge < -0.3 is 27.2 Å². The van der Waals surface area contributed by atoms with Crippen molar-refractivity contribution in [3.05, 3.63) is 78.4 Å². The average molecular weight is 530 g/mol. The van der Waals surface area contributed by atoms with Gasteiger partial charge in [0.15, 0.2) is 0 Å². The molecule has 3 atom stereocenters. The summed E-state index contributed by atoms with van der Waals surface area (Å²) in [6, 6.07) is 21.1. The molecule has 7 N–H and O–H groups in total. The molecule has 39 heavy (non-hydrogen) atoms. The molecule has 3 aromatic rings. The number of rotatable bonds is 7. The summed E-state index contributed by atoms with van der Waals surface area (Å²) in [4.78, 5) is 41.4. The number of hydrogen-bond donors (Lipinski definition) is 5. The fourth-order valence-electron chi connectivity index (χ4n) is 4.98. The molecule has 4 amide bonds. The van der Waals surface area contributed by atoms with E-state index in [0.29, 0.717) is 24.2 Å². The summed E-state index contributed by atoms with van der Waals surface area (Å²) in [6.07, 6.45) is 1.16. The molecular weight excluding hydrogens is 494 g/mol. The van der Waals surface area contributed by atoms with Crippen LogP contribution in [0.4, 0.5) is 21.9 Å². The minimum Gasteiger partial charge on any atom is -0.398 e. The predicted octanol–water partition coefficient (Wildman–Crippen LogP) is 3.53. The topological polar surface area (TPSA) is 151 Å². The SMILES string of the molecule is C[C@H](C1CCc2ccccc2NC1=O)C(C)(N)C(=O)N(C(=O)NCCO)c1ccc(-c2ccccc2N)cc1. The molecule has 0 fully saturated rings. The number of carbonyl (C=O) groups excluding carboxylic acids is 3. The second-order valence-electron chi connectivity index (χ2n) is 10.1. The van der Waals surface area contributed by atoms with Crippen molar-refractivity contribution < 1.29 is 19.5 Å². The van der Waals surface area contributed by atoms with Crippen LogP contribution in [0.2, 0.25) is 0 Å². The fraction of sp³-hybridized carbons (Fsp3) is 0.300. The summed E-state index contributed by atoms with van der Waals surface area (Å²) in [6.45, 7) is 2.99. The zero-order valence-electron chi connectivity index (χ0n) is 22.2. The first kappa shape index (κ1) is 27.8. The number of benzene rings is 3. The molecular formula is C30H35N5O4. The third-order valence-electron chi connectivity index (χ3n) is 7.54. The highest BCUT2D eigenvalue weighted by Gasteiger charge is 2.46. The van der Waals surface area contributed by atoms with E-state index in [4.69, 9.17) is 11.5 Å². The number of carbonyl (C=O) groups is 3. The summed E-state index contributed by atoms with van der Waals surface area (Å²) in [5.41, 5.74) is 15.5. The summed E-state index contributed by atoms with van der Waals surface area (Å²) in [7, 11) is 0. The van der Waals surface area contributed by atoms with Gasteiger partial charge in [0.1, 0.15) is 0 Å². The Labute approximate surface area is 228 Å². The highest BCUT2D eigenvalue weighted by molar-refractivity contribution is 6.17. The van der Waals surface area contributed by atoms with E-state index in [1.54, 1.807) is 44.2 Å². The van der Waals surface area contributed by atoms with Crippen LogP contribution in [0.25, 0.3) is 11.1 Å². The summed E-state index contributed by atoms with van der Waals surface area (Å²) in [5.74, 6) is -2.03. The maximum Gasteiger partial charge on any atom is 0.328 e. The molecule has 204 valence electrons. The van der Waals surface area contributed by atoms with Gasteiger partial charge in [0.25, 0.3) is 5.91 Å². The molecule has 0 aliphatic carbocycles. The van der Waals surface area contributed by atoms with Crippen molar-refractivity contribution >= 4 is 34.9 Å². The van der Waals surface area contributed by atoms with Gasteiger partial charge >= 0.3 is 6.03 Å². The molecule has 9 heteroatoms. The van der Waals surface area contributed by atoms with Gasteiger partial charge in [0.05, 0.1) is 17.8 Å². The lowest BCUT2D eigenvalue weighted by Gasteiger charge is -2.37. The maximum atomic E-state index is 14.0. The van der Waals surface area contributed by atoms with Crippen LogP contribution in [-0.2, 0) is 16.0 Å². The molecule has 0 spiro atoms. The zero-order chi connectivity index (χ0) is 28.2. The van der Waals surface area contributed by atoms with Crippen molar-refractivity contribution in [2.45, 2.75) is 32.2 Å². The van der Waals surface area contributed by atoms with Gasteiger partial charge in [-0.3, -0.25) is 9.59 Å². The first-order chi connectivity index (χ1) is 18.6. The number of nitrogens with zero attached hydrogens (tertiary/aromatic N) is 1. The molecule has 0 bridgehead atoms. The molecule has 0 saturated carbocycles. The summed E-state index contributed by atoms with van der Waals surface area (Å²) < 4.78 is 0. The molecule has 1 heterocycles. The smallest absolute Gasteiger partial charge is 0.328 e. The van der Waals surface area contributed by atoms with Crippen LogP contribution < -0.4 is 27.0 Å². The largest absolute Gasteiger partial charge is 0.398 e. The van der Waals surface area contributed by atoms with E-state index in [9.17, 15) is 19.5 Å². The number of hydrogen-bond acceptors (Lipinski definition) is 6. The number of nitrogen functional groups attached to an aromatic ring is 1. The van der Waals surface area contributed by atoms with Gasteiger partial charge in [-0.05, 0) is 61.1 Å². The van der Waals surface area contributed by atoms with Crippen molar-refractivity contribution in [1.82, 2.24) is 5.32 Å². The summed E-state index contributed by atoms with van der Waals surface area (Å²) in [5, 5.41) is 14.8. The molecule has 2 unspecified atom stereocenters. The number of fused-ring (bicyclic) bond motifs is 1. The second kappa shape index (κ2) is 11.7. The molecule has 1 aliphatic heterocycles. The Morgan fingerprint density at radius 3 is 2.46 bits per heavy atom. The first-order valence-corrected chi connectivity index (χ1v) is 13.0. The van der Waals surface area contributed by atoms with Crippen molar-refractivity contribution in [3.63, 3.8) is 0 Å². The molecule has 0 saturated heterocycles. The second-order valence-corrected chi connectivity index (χ2v) is 10.1. The lowest BCUT2D eigenvalue weighted by molar-refractivity contribution is -0.127. The number of anilines is 3. The Bertz CT molecular complexity index is 1360. The lowest BCUT2D eigenvalue weighted by Crippen LogP contribution is -2.62. The minimum absolute atomic E-state index is 0.0403. The number of urea groups is 1. The molecule has 0 aromatic heterocycles. The van der Waals surface area contributed by atoms with Crippen LogP contribution in [0.15, 0.2) is 72.8 Å². The Hall–Kier alpha value is -4.21. The molecule has 9 nitrogen and oxygen atoms in total. The van der Waals surface area contributed by atoms with Crippen LogP contribution in [0, 0.1) is 11.8 Å². The number of imide groups is 1. The zero-order valence-corrected chi connectivity index (χ0v) is 22.2. The van der Waals surface area contributed by atoms with Crippen LogP contribution in [0.1, 0.15) is 25.8 Å². The van der Waals surface area contributed by atoms with Gasteiger partial charge in [0, 0.05) is 29.4 Å². The third-order valence-corrected chi connectivity index (χ3v) is 7.54. The molecule has 1 aliphatic rings. The average Bonchev–Trinajstić information content (AvgIpc) is 3.10. The van der Waals surface area contributed by atoms with Crippen LogP contribution in [-0.4, -0.2) is 41.6 Å². The highest BCUT2D eigenvalue weighted by Crippen LogP contribution is 2.35. The van der Waals surface area contributed by atoms with E-state index in [1.807, 2.05) is 42.5 Å². The molecule has 3 aromatic carbocycles. The fourth-order valence-corrected chi connectivity index (χ4v) is 4.98. The van der Waals surface area contributed by atoms with E-state index in [1.165, 1.54) is 0 Å². The minimum atomic E-state index is -1.57. The van der Waals surface area contributed by atoms with Crippen LogP contribution in [0.5, 0.6) is 0 Å². The van der Waals surface area contributed by atoms with E-state index in [0.717, 1.165) is 27.3 Å². The number of aryl methyl sites for hydroxylation is 1. The predicted molar refractivity (Wildman–Crippen MR) is 153 cm³/mol. The number of para-hydroxylation sites is 2. The number of aliphatic hydroxyl groups excluding tert-OH is 1. The van der Waals surface area contributed by atoms with E-state index < -0.39 is 29.3 Å².